The van der Waals surface area contributed by atoms with Gasteiger partial charge in [0.05, 0.1) is 17.7 Å². The fraction of sp³-hybridized carbons (Fsp3) is 0.500. The Morgan fingerprint density at radius 1 is 0.839 bits per heavy atom. The largest absolute Gasteiger partial charge is 0.494 e. The lowest BCUT2D eigenvalue weighted by molar-refractivity contribution is 0.306. The molecule has 0 spiro atoms. The molecule has 0 aliphatic heterocycles. The molecule has 1 fully saturated rings. The van der Waals surface area contributed by atoms with Crippen LogP contribution in [0.3, 0.4) is 0 Å². The molecule has 1 aliphatic rings. The van der Waals surface area contributed by atoms with Crippen LogP contribution >= 0.6 is 0 Å². The second-order valence-corrected chi connectivity index (χ2v) is 8.76. The highest BCUT2D eigenvalue weighted by molar-refractivity contribution is 5.75. The predicted molar refractivity (Wildman–Crippen MR) is 126 cm³/mol. The van der Waals surface area contributed by atoms with Crippen molar-refractivity contribution >= 4 is 0 Å². The van der Waals surface area contributed by atoms with Crippen LogP contribution in [0.15, 0.2) is 36.4 Å². The summed E-state index contributed by atoms with van der Waals surface area (Å²) in [7, 11) is 0. The average Bonchev–Trinajstić information content (AvgIpc) is 2.82. The molecule has 3 heteroatoms. The molecule has 0 aromatic heterocycles. The van der Waals surface area contributed by atoms with E-state index in [0.29, 0.717) is 17.0 Å². The number of hydrogen-bond donors (Lipinski definition) is 0. The minimum absolute atomic E-state index is 0.391. The molecule has 0 heterocycles. The summed E-state index contributed by atoms with van der Waals surface area (Å²) in [6.07, 6.45) is 10.7. The van der Waals surface area contributed by atoms with Crippen LogP contribution in [0.5, 0.6) is 5.75 Å². The van der Waals surface area contributed by atoms with Crippen LogP contribution in [0.1, 0.15) is 94.2 Å². The zero-order valence-corrected chi connectivity index (χ0v) is 19.0. The van der Waals surface area contributed by atoms with Crippen molar-refractivity contribution in [3.8, 4) is 29.0 Å². The SMILES string of the molecule is CCCCCOc1ccc(-c2ccc(C3CCC(CCC)CC3)c(C#N)c2C#N)cc1. The minimum atomic E-state index is 0.391. The quantitative estimate of drug-likeness (QED) is 0.394. The maximum atomic E-state index is 9.93. The molecule has 0 atom stereocenters. The number of benzene rings is 2. The van der Waals surface area contributed by atoms with Crippen LogP contribution < -0.4 is 4.74 Å². The van der Waals surface area contributed by atoms with E-state index < -0.39 is 0 Å². The first-order valence-corrected chi connectivity index (χ1v) is 11.9. The van der Waals surface area contributed by atoms with Crippen LogP contribution in [0, 0.1) is 28.6 Å². The molecular weight excluding hydrogens is 380 g/mol. The number of rotatable bonds is 9. The lowest BCUT2D eigenvalue weighted by Gasteiger charge is -2.29. The number of hydrogen-bond acceptors (Lipinski definition) is 3. The summed E-state index contributed by atoms with van der Waals surface area (Å²) in [5.74, 6) is 2.06. The molecule has 3 nitrogen and oxygen atoms in total. The van der Waals surface area contributed by atoms with Gasteiger partial charge in [-0.25, -0.2) is 0 Å². The number of ether oxygens (including phenoxy) is 1. The van der Waals surface area contributed by atoms with Gasteiger partial charge in [0, 0.05) is 5.56 Å². The smallest absolute Gasteiger partial charge is 0.119 e. The topological polar surface area (TPSA) is 56.8 Å². The first-order valence-electron chi connectivity index (χ1n) is 11.9. The fourth-order valence-corrected chi connectivity index (χ4v) is 4.88. The number of unbranched alkanes of at least 4 members (excludes halogenated alkanes) is 2. The summed E-state index contributed by atoms with van der Waals surface area (Å²) in [5.41, 5.74) is 3.92. The molecule has 2 aromatic carbocycles. The highest BCUT2D eigenvalue weighted by Gasteiger charge is 2.26. The van der Waals surface area contributed by atoms with E-state index in [2.05, 4.69) is 32.1 Å². The first-order chi connectivity index (χ1) is 15.2. The minimum Gasteiger partial charge on any atom is -0.494 e. The van der Waals surface area contributed by atoms with Crippen LogP contribution in [-0.2, 0) is 0 Å². The third-order valence-electron chi connectivity index (χ3n) is 6.63. The average molecular weight is 415 g/mol. The molecule has 0 radical (unpaired) electrons. The van der Waals surface area contributed by atoms with Crippen molar-refractivity contribution in [1.82, 2.24) is 0 Å². The molecule has 0 amide bonds. The molecule has 0 saturated heterocycles. The molecule has 162 valence electrons. The fourth-order valence-electron chi connectivity index (χ4n) is 4.88. The van der Waals surface area contributed by atoms with Crippen LogP contribution in [0.25, 0.3) is 11.1 Å². The van der Waals surface area contributed by atoms with Crippen LogP contribution in [0.2, 0.25) is 0 Å². The normalized spacial score (nSPS) is 18.2. The highest BCUT2D eigenvalue weighted by Crippen LogP contribution is 2.40. The molecular formula is C28H34N2O. The van der Waals surface area contributed by atoms with Gasteiger partial charge in [0.15, 0.2) is 0 Å². The lowest BCUT2D eigenvalue weighted by atomic mass is 9.75. The molecule has 1 aliphatic carbocycles. The first kappa shape index (κ1) is 22.9. The Hall–Kier alpha value is -2.78. The van der Waals surface area contributed by atoms with Gasteiger partial charge < -0.3 is 4.74 Å². The summed E-state index contributed by atoms with van der Waals surface area (Å²) in [5, 5.41) is 19.9. The van der Waals surface area contributed by atoms with Gasteiger partial charge in [0.25, 0.3) is 0 Å². The van der Waals surface area contributed by atoms with Crippen molar-refractivity contribution in [2.24, 2.45) is 5.92 Å². The molecule has 0 bridgehead atoms. The van der Waals surface area contributed by atoms with E-state index in [1.54, 1.807) is 0 Å². The molecule has 3 rings (SSSR count). The van der Waals surface area contributed by atoms with Crippen LogP contribution in [-0.4, -0.2) is 6.61 Å². The summed E-state index contributed by atoms with van der Waals surface area (Å²) in [4.78, 5) is 0. The molecule has 0 unspecified atom stereocenters. The van der Waals surface area contributed by atoms with E-state index >= 15 is 0 Å². The van der Waals surface area contributed by atoms with Gasteiger partial charge in [-0.05, 0) is 67.2 Å². The third-order valence-corrected chi connectivity index (χ3v) is 6.63. The lowest BCUT2D eigenvalue weighted by Crippen LogP contribution is -2.14. The summed E-state index contributed by atoms with van der Waals surface area (Å²) in [6.45, 7) is 5.16. The Morgan fingerprint density at radius 2 is 1.55 bits per heavy atom. The Bertz CT molecular complexity index is 925. The third kappa shape index (κ3) is 5.68. The summed E-state index contributed by atoms with van der Waals surface area (Å²) < 4.78 is 5.81. The highest BCUT2D eigenvalue weighted by atomic mass is 16.5. The van der Waals surface area contributed by atoms with E-state index in [9.17, 15) is 10.5 Å². The van der Waals surface area contributed by atoms with Gasteiger partial charge in [-0.1, -0.05) is 63.8 Å². The molecule has 31 heavy (non-hydrogen) atoms. The Labute approximate surface area is 187 Å². The maximum absolute atomic E-state index is 9.93. The Balaban J connectivity index is 1.80. The van der Waals surface area contributed by atoms with Gasteiger partial charge in [-0.3, -0.25) is 0 Å². The van der Waals surface area contributed by atoms with Crippen molar-refractivity contribution in [2.75, 3.05) is 6.61 Å². The Kier molecular flexibility index (Phi) is 8.54. The number of nitrogens with zero attached hydrogens (tertiary/aromatic N) is 2. The number of nitriles is 2. The van der Waals surface area contributed by atoms with Gasteiger partial charge >= 0.3 is 0 Å². The zero-order chi connectivity index (χ0) is 22.1. The maximum Gasteiger partial charge on any atom is 0.119 e. The van der Waals surface area contributed by atoms with Crippen molar-refractivity contribution in [1.29, 1.82) is 10.5 Å². The molecule has 2 aromatic rings. The van der Waals surface area contributed by atoms with E-state index in [1.165, 1.54) is 38.5 Å². The van der Waals surface area contributed by atoms with E-state index in [4.69, 9.17) is 4.74 Å². The van der Waals surface area contributed by atoms with Crippen molar-refractivity contribution in [3.63, 3.8) is 0 Å². The van der Waals surface area contributed by atoms with Gasteiger partial charge in [-0.15, -0.1) is 0 Å². The second kappa shape index (κ2) is 11.6. The van der Waals surface area contributed by atoms with E-state index in [0.717, 1.165) is 54.2 Å². The summed E-state index contributed by atoms with van der Waals surface area (Å²) >= 11 is 0. The predicted octanol–water partition coefficient (Wildman–Crippen LogP) is 7.74. The van der Waals surface area contributed by atoms with Gasteiger partial charge in [0.2, 0.25) is 0 Å². The standard InChI is InChI=1S/C28H34N2O/c1-3-5-6-18-31-24-14-12-23(13-15-24)26-17-16-25(27(19-29)28(26)20-30)22-10-8-21(7-4-2)9-11-22/h12-17,21-22H,3-11,18H2,1-2H3. The van der Waals surface area contributed by atoms with Crippen LogP contribution in [0.4, 0.5) is 0 Å². The van der Waals surface area contributed by atoms with Crippen molar-refractivity contribution in [2.45, 2.75) is 77.6 Å². The van der Waals surface area contributed by atoms with E-state index in [1.807, 2.05) is 30.3 Å². The van der Waals surface area contributed by atoms with Gasteiger partial charge in [0.1, 0.15) is 17.9 Å². The summed E-state index contributed by atoms with van der Waals surface area (Å²) in [6, 6.07) is 16.7. The van der Waals surface area contributed by atoms with Crippen molar-refractivity contribution < 1.29 is 4.74 Å². The van der Waals surface area contributed by atoms with Crippen molar-refractivity contribution in [3.05, 3.63) is 53.1 Å². The monoisotopic (exact) mass is 414 g/mol. The molecule has 0 N–H and O–H groups in total. The van der Waals surface area contributed by atoms with Gasteiger partial charge in [-0.2, -0.15) is 10.5 Å². The zero-order valence-electron chi connectivity index (χ0n) is 19.0. The van der Waals surface area contributed by atoms with E-state index in [-0.39, 0.29) is 0 Å². The Morgan fingerprint density at radius 3 is 2.16 bits per heavy atom. The molecule has 1 saturated carbocycles. The second-order valence-electron chi connectivity index (χ2n) is 8.76.